The molecule has 0 amide bonds. The molecule has 0 aromatic heterocycles. The molecule has 0 aliphatic carbocycles. The number of hydrogen-bond acceptors (Lipinski definition) is 3. The minimum atomic E-state index is 0.250. The molecule has 0 fully saturated rings. The Kier molecular flexibility index (Phi) is 5.29. The number of methoxy groups -OCH3 is 2. The Hall–Kier alpha value is -1.06. The Morgan fingerprint density at radius 1 is 1.31 bits per heavy atom. The molecule has 0 saturated heterocycles. The first-order chi connectivity index (χ1) is 7.72. The first-order valence-electron chi connectivity index (χ1n) is 5.59. The molecule has 0 saturated carbocycles. The van der Waals surface area contributed by atoms with Crippen molar-refractivity contribution in [3.8, 4) is 5.75 Å². The number of benzene rings is 1. The third kappa shape index (κ3) is 3.22. The van der Waals surface area contributed by atoms with Gasteiger partial charge in [-0.25, -0.2) is 0 Å². The van der Waals surface area contributed by atoms with Crippen LogP contribution in [0.4, 0.5) is 0 Å². The van der Waals surface area contributed by atoms with Crippen molar-refractivity contribution >= 4 is 0 Å². The van der Waals surface area contributed by atoms with Crippen molar-refractivity contribution < 1.29 is 9.47 Å². The second-order valence-corrected chi connectivity index (χ2v) is 3.79. The third-order valence-corrected chi connectivity index (χ3v) is 2.61. The molecule has 1 aromatic carbocycles. The molecule has 1 N–H and O–H groups in total. The van der Waals surface area contributed by atoms with Crippen LogP contribution in [0.25, 0.3) is 0 Å². The van der Waals surface area contributed by atoms with Crippen LogP contribution in [-0.4, -0.2) is 27.4 Å². The molecule has 3 nitrogen and oxygen atoms in total. The van der Waals surface area contributed by atoms with Crippen LogP contribution in [0, 0.1) is 6.92 Å². The van der Waals surface area contributed by atoms with Crippen LogP contribution >= 0.6 is 0 Å². The van der Waals surface area contributed by atoms with Crippen molar-refractivity contribution in [1.29, 1.82) is 0 Å². The number of rotatable bonds is 6. The van der Waals surface area contributed by atoms with E-state index in [1.807, 2.05) is 6.07 Å². The molecule has 90 valence electrons. The minimum Gasteiger partial charge on any atom is -0.496 e. The van der Waals surface area contributed by atoms with Crippen molar-refractivity contribution in [3.63, 3.8) is 0 Å². The van der Waals surface area contributed by atoms with Crippen molar-refractivity contribution in [3.05, 3.63) is 29.3 Å². The highest BCUT2D eigenvalue weighted by Crippen LogP contribution is 2.22. The van der Waals surface area contributed by atoms with Crippen molar-refractivity contribution in [2.75, 3.05) is 27.4 Å². The number of aryl methyl sites for hydroxylation is 1. The van der Waals surface area contributed by atoms with Crippen LogP contribution in [-0.2, 0) is 4.74 Å². The van der Waals surface area contributed by atoms with E-state index in [1.54, 1.807) is 14.2 Å². The summed E-state index contributed by atoms with van der Waals surface area (Å²) >= 11 is 0. The summed E-state index contributed by atoms with van der Waals surface area (Å²) in [7, 11) is 3.42. The molecule has 1 unspecified atom stereocenters. The van der Waals surface area contributed by atoms with Gasteiger partial charge in [0.2, 0.25) is 0 Å². The van der Waals surface area contributed by atoms with Gasteiger partial charge in [-0.2, -0.15) is 0 Å². The molecule has 1 atom stereocenters. The zero-order chi connectivity index (χ0) is 12.0. The average Bonchev–Trinajstić information content (AvgIpc) is 2.28. The molecule has 0 radical (unpaired) electrons. The SMILES string of the molecule is CCNC(COC)c1ccc(OC)c(C)c1. The van der Waals surface area contributed by atoms with Crippen molar-refractivity contribution in [1.82, 2.24) is 5.32 Å². The summed E-state index contributed by atoms with van der Waals surface area (Å²) in [5.74, 6) is 0.927. The minimum absolute atomic E-state index is 0.250. The largest absolute Gasteiger partial charge is 0.496 e. The summed E-state index contributed by atoms with van der Waals surface area (Å²) < 4.78 is 10.5. The number of nitrogens with one attached hydrogen (secondary N) is 1. The average molecular weight is 223 g/mol. The Balaban J connectivity index is 2.87. The van der Waals surface area contributed by atoms with Gasteiger partial charge in [0, 0.05) is 7.11 Å². The molecule has 0 heterocycles. The summed E-state index contributed by atoms with van der Waals surface area (Å²) in [5, 5.41) is 3.40. The highest BCUT2D eigenvalue weighted by molar-refractivity contribution is 5.37. The summed E-state index contributed by atoms with van der Waals surface area (Å²) in [5.41, 5.74) is 2.39. The molecular weight excluding hydrogens is 202 g/mol. The Labute approximate surface area is 97.8 Å². The molecule has 0 spiro atoms. The fourth-order valence-electron chi connectivity index (χ4n) is 1.80. The lowest BCUT2D eigenvalue weighted by atomic mass is 10.0. The van der Waals surface area contributed by atoms with E-state index in [0.717, 1.165) is 17.9 Å². The second kappa shape index (κ2) is 6.51. The van der Waals surface area contributed by atoms with Gasteiger partial charge in [-0.05, 0) is 30.7 Å². The molecule has 1 aromatic rings. The Bertz CT molecular complexity index is 320. The Morgan fingerprint density at radius 2 is 2.06 bits per heavy atom. The van der Waals surface area contributed by atoms with E-state index in [-0.39, 0.29) is 6.04 Å². The summed E-state index contributed by atoms with van der Waals surface area (Å²) in [6.07, 6.45) is 0. The molecule has 0 bridgehead atoms. The summed E-state index contributed by atoms with van der Waals surface area (Å²) in [6.45, 7) is 5.76. The second-order valence-electron chi connectivity index (χ2n) is 3.79. The van der Waals surface area contributed by atoms with Crippen LogP contribution in [0.3, 0.4) is 0 Å². The van der Waals surface area contributed by atoms with Gasteiger partial charge in [0.05, 0.1) is 19.8 Å². The molecule has 0 aliphatic rings. The lowest BCUT2D eigenvalue weighted by Crippen LogP contribution is -2.24. The monoisotopic (exact) mass is 223 g/mol. The van der Waals surface area contributed by atoms with E-state index in [1.165, 1.54) is 5.56 Å². The maximum Gasteiger partial charge on any atom is 0.121 e. The fourth-order valence-corrected chi connectivity index (χ4v) is 1.80. The predicted octanol–water partition coefficient (Wildman–Crippen LogP) is 2.30. The van der Waals surface area contributed by atoms with Gasteiger partial charge in [0.1, 0.15) is 5.75 Å². The van der Waals surface area contributed by atoms with Crippen LogP contribution in [0.15, 0.2) is 18.2 Å². The van der Waals surface area contributed by atoms with E-state index >= 15 is 0 Å². The van der Waals surface area contributed by atoms with Crippen LogP contribution in [0.1, 0.15) is 24.1 Å². The van der Waals surface area contributed by atoms with Crippen LogP contribution < -0.4 is 10.1 Å². The maximum atomic E-state index is 5.25. The Morgan fingerprint density at radius 3 is 2.56 bits per heavy atom. The van der Waals surface area contributed by atoms with E-state index < -0.39 is 0 Å². The first-order valence-corrected chi connectivity index (χ1v) is 5.59. The summed E-state index contributed by atoms with van der Waals surface area (Å²) in [4.78, 5) is 0. The topological polar surface area (TPSA) is 30.5 Å². The van der Waals surface area contributed by atoms with Gasteiger partial charge in [0.15, 0.2) is 0 Å². The van der Waals surface area contributed by atoms with Gasteiger partial charge in [-0.3, -0.25) is 0 Å². The van der Waals surface area contributed by atoms with Crippen molar-refractivity contribution in [2.24, 2.45) is 0 Å². The molecule has 1 rings (SSSR count). The lowest BCUT2D eigenvalue weighted by Gasteiger charge is -2.18. The third-order valence-electron chi connectivity index (χ3n) is 2.61. The number of likely N-dealkylation sites (N-methyl/N-ethyl adjacent to an activating group) is 1. The maximum absolute atomic E-state index is 5.25. The lowest BCUT2D eigenvalue weighted by molar-refractivity contribution is 0.168. The molecule has 0 aliphatic heterocycles. The van der Waals surface area contributed by atoms with Gasteiger partial charge < -0.3 is 14.8 Å². The molecule has 16 heavy (non-hydrogen) atoms. The normalized spacial score (nSPS) is 12.5. The smallest absolute Gasteiger partial charge is 0.121 e. The van der Waals surface area contributed by atoms with Crippen LogP contribution in [0.5, 0.6) is 5.75 Å². The first kappa shape index (κ1) is 13.0. The highest BCUT2D eigenvalue weighted by atomic mass is 16.5. The van der Waals surface area contributed by atoms with Crippen molar-refractivity contribution in [2.45, 2.75) is 19.9 Å². The van der Waals surface area contributed by atoms with E-state index in [9.17, 15) is 0 Å². The zero-order valence-corrected chi connectivity index (χ0v) is 10.5. The van der Waals surface area contributed by atoms with E-state index in [4.69, 9.17) is 9.47 Å². The van der Waals surface area contributed by atoms with Crippen LogP contribution in [0.2, 0.25) is 0 Å². The summed E-state index contributed by atoms with van der Waals surface area (Å²) in [6, 6.07) is 6.48. The quantitative estimate of drug-likeness (QED) is 0.802. The fraction of sp³-hybridized carbons (Fsp3) is 0.538. The van der Waals surface area contributed by atoms with Gasteiger partial charge in [-0.15, -0.1) is 0 Å². The predicted molar refractivity (Wildman–Crippen MR) is 66.0 cm³/mol. The number of hydrogen-bond donors (Lipinski definition) is 1. The molecule has 3 heteroatoms. The molecular formula is C13H21NO2. The zero-order valence-electron chi connectivity index (χ0n) is 10.5. The van der Waals surface area contributed by atoms with Gasteiger partial charge in [0.25, 0.3) is 0 Å². The van der Waals surface area contributed by atoms with E-state index in [0.29, 0.717) is 6.61 Å². The number of ether oxygens (including phenoxy) is 2. The van der Waals surface area contributed by atoms with Gasteiger partial charge in [-0.1, -0.05) is 19.1 Å². The van der Waals surface area contributed by atoms with Gasteiger partial charge >= 0.3 is 0 Å². The highest BCUT2D eigenvalue weighted by Gasteiger charge is 2.11. The standard InChI is InChI=1S/C13H21NO2/c1-5-14-12(9-15-3)11-6-7-13(16-4)10(2)8-11/h6-8,12,14H,5,9H2,1-4H3. The van der Waals surface area contributed by atoms with E-state index in [2.05, 4.69) is 31.3 Å².